The van der Waals surface area contributed by atoms with Crippen LogP contribution < -0.4 is 4.74 Å². The molecule has 1 N–H and O–H groups in total. The van der Waals surface area contributed by atoms with Crippen LogP contribution in [0.3, 0.4) is 0 Å². The van der Waals surface area contributed by atoms with Gasteiger partial charge in [-0.05, 0) is 31.0 Å². The van der Waals surface area contributed by atoms with Gasteiger partial charge in [0.1, 0.15) is 17.2 Å². The maximum absolute atomic E-state index is 13.1. The van der Waals surface area contributed by atoms with Gasteiger partial charge in [0, 0.05) is 36.0 Å². The molecule has 6 nitrogen and oxygen atoms in total. The number of fused-ring (bicyclic) bond motifs is 1. The van der Waals surface area contributed by atoms with Gasteiger partial charge in [-0.15, -0.1) is 0 Å². The summed E-state index contributed by atoms with van der Waals surface area (Å²) in [6, 6.07) is 17.8. The SMILES string of the molecule is COc1ccccc1Cc1cnc([C@H]2CCCN(C(=O)c3cc4ccccc4[nH]3)C2)o1. The lowest BCUT2D eigenvalue weighted by Crippen LogP contribution is -2.39. The largest absolute Gasteiger partial charge is 0.496 e. The van der Waals surface area contributed by atoms with Gasteiger partial charge in [0.05, 0.1) is 19.2 Å². The van der Waals surface area contributed by atoms with Crippen LogP contribution >= 0.6 is 0 Å². The number of aromatic amines is 1. The summed E-state index contributed by atoms with van der Waals surface area (Å²) < 4.78 is 11.5. The Morgan fingerprint density at radius 3 is 2.94 bits per heavy atom. The number of aromatic nitrogens is 2. The first-order valence-electron chi connectivity index (χ1n) is 10.6. The van der Waals surface area contributed by atoms with Gasteiger partial charge in [-0.25, -0.2) is 4.98 Å². The predicted molar refractivity (Wildman–Crippen MR) is 118 cm³/mol. The van der Waals surface area contributed by atoms with E-state index in [0.29, 0.717) is 24.6 Å². The number of likely N-dealkylation sites (tertiary alicyclic amines) is 1. The van der Waals surface area contributed by atoms with Gasteiger partial charge < -0.3 is 19.0 Å². The summed E-state index contributed by atoms with van der Waals surface area (Å²) >= 11 is 0. The number of piperidine rings is 1. The molecule has 1 saturated heterocycles. The molecule has 2 aromatic carbocycles. The van der Waals surface area contributed by atoms with Crippen LogP contribution in [0.5, 0.6) is 5.75 Å². The van der Waals surface area contributed by atoms with Crippen molar-refractivity contribution in [2.75, 3.05) is 20.2 Å². The second kappa shape index (κ2) is 8.30. The number of ether oxygens (including phenoxy) is 1. The van der Waals surface area contributed by atoms with Crippen molar-refractivity contribution in [1.29, 1.82) is 0 Å². The van der Waals surface area contributed by atoms with Crippen LogP contribution in [-0.2, 0) is 6.42 Å². The van der Waals surface area contributed by atoms with Gasteiger partial charge in [-0.3, -0.25) is 4.79 Å². The number of nitrogens with zero attached hydrogens (tertiary/aromatic N) is 2. The molecule has 0 unspecified atom stereocenters. The van der Waals surface area contributed by atoms with E-state index in [9.17, 15) is 4.79 Å². The van der Waals surface area contributed by atoms with E-state index < -0.39 is 0 Å². The summed E-state index contributed by atoms with van der Waals surface area (Å²) in [5.74, 6) is 2.49. The van der Waals surface area contributed by atoms with E-state index in [2.05, 4.69) is 9.97 Å². The molecule has 0 aliphatic carbocycles. The third-order valence-electron chi connectivity index (χ3n) is 5.95. The van der Waals surface area contributed by atoms with Crippen LogP contribution in [0.4, 0.5) is 0 Å². The highest BCUT2D eigenvalue weighted by Gasteiger charge is 2.29. The summed E-state index contributed by atoms with van der Waals surface area (Å²) in [5, 5.41) is 1.05. The quantitative estimate of drug-likeness (QED) is 0.509. The molecule has 31 heavy (non-hydrogen) atoms. The van der Waals surface area contributed by atoms with Crippen LogP contribution in [-0.4, -0.2) is 41.0 Å². The van der Waals surface area contributed by atoms with E-state index in [1.807, 2.05) is 59.5 Å². The second-order valence-corrected chi connectivity index (χ2v) is 8.01. The minimum Gasteiger partial charge on any atom is -0.496 e. The molecule has 2 aromatic heterocycles. The highest BCUT2D eigenvalue weighted by molar-refractivity contribution is 5.98. The zero-order chi connectivity index (χ0) is 21.2. The molecule has 3 heterocycles. The molecule has 0 radical (unpaired) electrons. The summed E-state index contributed by atoms with van der Waals surface area (Å²) in [5.41, 5.74) is 2.67. The number of hydrogen-bond donors (Lipinski definition) is 1. The maximum atomic E-state index is 13.1. The van der Waals surface area contributed by atoms with Gasteiger partial charge in [0.25, 0.3) is 5.91 Å². The Morgan fingerprint density at radius 2 is 2.06 bits per heavy atom. The number of amides is 1. The third-order valence-corrected chi connectivity index (χ3v) is 5.95. The van der Waals surface area contributed by atoms with Crippen LogP contribution in [0, 0.1) is 0 Å². The number of H-pyrrole nitrogens is 1. The smallest absolute Gasteiger partial charge is 0.270 e. The third kappa shape index (κ3) is 3.93. The monoisotopic (exact) mass is 415 g/mol. The Balaban J connectivity index is 1.30. The summed E-state index contributed by atoms with van der Waals surface area (Å²) in [6.07, 6.45) is 4.31. The van der Waals surface area contributed by atoms with Gasteiger partial charge in [-0.1, -0.05) is 36.4 Å². The van der Waals surface area contributed by atoms with E-state index >= 15 is 0 Å². The highest BCUT2D eigenvalue weighted by atomic mass is 16.5. The minimum absolute atomic E-state index is 0.0294. The van der Waals surface area contributed by atoms with Crippen molar-refractivity contribution in [2.24, 2.45) is 0 Å². The number of oxazole rings is 1. The standard InChI is InChI=1S/C25H25N3O3/c1-30-23-11-5-3-8-18(23)13-20-15-26-24(31-20)19-9-6-12-28(16-19)25(29)22-14-17-7-2-4-10-21(17)27-22/h2-5,7-8,10-11,14-15,19,27H,6,9,12-13,16H2,1H3/t19-/m0/s1. The maximum Gasteiger partial charge on any atom is 0.270 e. The fraction of sp³-hybridized carbons (Fsp3) is 0.280. The molecule has 4 aromatic rings. The number of carbonyl (C=O) groups is 1. The number of hydrogen-bond acceptors (Lipinski definition) is 4. The van der Waals surface area contributed by atoms with Crippen LogP contribution in [0.1, 0.15) is 46.5 Å². The van der Waals surface area contributed by atoms with Crippen LogP contribution in [0.15, 0.2) is 65.2 Å². The van der Waals surface area contributed by atoms with Crippen LogP contribution in [0.2, 0.25) is 0 Å². The summed E-state index contributed by atoms with van der Waals surface area (Å²) in [4.78, 5) is 22.8. The van der Waals surface area contributed by atoms with E-state index in [0.717, 1.165) is 47.4 Å². The van der Waals surface area contributed by atoms with Crippen molar-refractivity contribution in [3.05, 3.63) is 83.7 Å². The van der Waals surface area contributed by atoms with E-state index in [4.69, 9.17) is 9.15 Å². The van der Waals surface area contributed by atoms with E-state index in [-0.39, 0.29) is 11.8 Å². The Labute approximate surface area is 180 Å². The van der Waals surface area contributed by atoms with Gasteiger partial charge in [-0.2, -0.15) is 0 Å². The first kappa shape index (κ1) is 19.4. The fourth-order valence-corrected chi connectivity index (χ4v) is 4.35. The minimum atomic E-state index is 0.0294. The van der Waals surface area contributed by atoms with Crippen LogP contribution in [0.25, 0.3) is 10.9 Å². The number of nitrogens with one attached hydrogen (secondary N) is 1. The Hall–Kier alpha value is -3.54. The fourth-order valence-electron chi connectivity index (χ4n) is 4.35. The molecule has 0 spiro atoms. The van der Waals surface area contributed by atoms with Crippen molar-refractivity contribution >= 4 is 16.8 Å². The number of benzene rings is 2. The predicted octanol–water partition coefficient (Wildman–Crippen LogP) is 4.78. The lowest BCUT2D eigenvalue weighted by Gasteiger charge is -2.31. The average Bonchev–Trinajstić information content (AvgIpc) is 3.46. The van der Waals surface area contributed by atoms with Crippen molar-refractivity contribution in [3.8, 4) is 5.75 Å². The van der Waals surface area contributed by atoms with E-state index in [1.165, 1.54) is 0 Å². The number of rotatable bonds is 5. The normalized spacial score (nSPS) is 16.5. The molecule has 1 fully saturated rings. The van der Waals surface area contributed by atoms with Crippen molar-refractivity contribution in [3.63, 3.8) is 0 Å². The highest BCUT2D eigenvalue weighted by Crippen LogP contribution is 2.29. The van der Waals surface area contributed by atoms with Crippen molar-refractivity contribution < 1.29 is 13.9 Å². The molecule has 1 atom stereocenters. The second-order valence-electron chi connectivity index (χ2n) is 8.01. The van der Waals surface area contributed by atoms with E-state index in [1.54, 1.807) is 13.3 Å². The molecule has 1 aliphatic heterocycles. The Morgan fingerprint density at radius 1 is 1.23 bits per heavy atom. The first-order valence-corrected chi connectivity index (χ1v) is 10.6. The topological polar surface area (TPSA) is 71.4 Å². The molecular weight excluding hydrogens is 390 g/mol. The Kier molecular flexibility index (Phi) is 5.20. The summed E-state index contributed by atoms with van der Waals surface area (Å²) in [6.45, 7) is 1.36. The lowest BCUT2D eigenvalue weighted by molar-refractivity contribution is 0.0693. The molecule has 0 saturated carbocycles. The van der Waals surface area contributed by atoms with Gasteiger partial charge >= 0.3 is 0 Å². The summed E-state index contributed by atoms with van der Waals surface area (Å²) in [7, 11) is 1.67. The lowest BCUT2D eigenvalue weighted by atomic mass is 9.97. The van der Waals surface area contributed by atoms with Crippen molar-refractivity contribution in [2.45, 2.75) is 25.2 Å². The molecule has 158 valence electrons. The molecule has 5 rings (SSSR count). The Bertz CT molecular complexity index is 1180. The molecule has 1 amide bonds. The molecular formula is C25H25N3O3. The molecule has 6 heteroatoms. The zero-order valence-electron chi connectivity index (χ0n) is 17.5. The average molecular weight is 415 g/mol. The van der Waals surface area contributed by atoms with Gasteiger partial charge in [0.15, 0.2) is 5.89 Å². The number of carbonyl (C=O) groups excluding carboxylic acids is 1. The number of methoxy groups -OCH3 is 1. The van der Waals surface area contributed by atoms with Crippen molar-refractivity contribution in [1.82, 2.24) is 14.9 Å². The zero-order valence-corrected chi connectivity index (χ0v) is 17.5. The molecule has 0 bridgehead atoms. The number of para-hydroxylation sites is 2. The first-order chi connectivity index (χ1) is 15.2. The molecule has 1 aliphatic rings. The van der Waals surface area contributed by atoms with Gasteiger partial charge in [0.2, 0.25) is 0 Å².